The maximum atomic E-state index is 5.91. The average Bonchev–Trinajstić information content (AvgIpc) is 2.48. The van der Waals surface area contributed by atoms with Crippen molar-refractivity contribution in [2.24, 2.45) is 5.92 Å². The molecule has 1 atom stereocenters. The van der Waals surface area contributed by atoms with Crippen LogP contribution in [-0.2, 0) is 0 Å². The number of anilines is 1. The number of nitrogens with one attached hydrogen (secondary N) is 2. The van der Waals surface area contributed by atoms with Gasteiger partial charge in [0, 0.05) is 10.7 Å². The molecule has 4 heteroatoms. The fraction of sp³-hybridized carbons (Fsp3) is 0.316. The third-order valence-corrected chi connectivity index (χ3v) is 4.29. The fourth-order valence-electron chi connectivity index (χ4n) is 2.62. The van der Waals surface area contributed by atoms with Crippen LogP contribution >= 0.6 is 23.8 Å². The van der Waals surface area contributed by atoms with Gasteiger partial charge in [0.1, 0.15) is 0 Å². The van der Waals surface area contributed by atoms with Crippen LogP contribution in [0.4, 0.5) is 5.69 Å². The maximum absolute atomic E-state index is 5.91. The Bertz CT molecular complexity index is 680. The first-order chi connectivity index (χ1) is 10.9. The van der Waals surface area contributed by atoms with Gasteiger partial charge in [-0.2, -0.15) is 0 Å². The molecule has 0 spiro atoms. The maximum Gasteiger partial charge on any atom is 0.171 e. The highest BCUT2D eigenvalue weighted by atomic mass is 35.5. The molecular formula is C19H23ClN2S. The quantitative estimate of drug-likeness (QED) is 0.700. The second-order valence-electron chi connectivity index (χ2n) is 6.19. The van der Waals surface area contributed by atoms with E-state index >= 15 is 0 Å². The molecule has 0 saturated heterocycles. The molecule has 0 unspecified atom stereocenters. The molecular weight excluding hydrogens is 324 g/mol. The topological polar surface area (TPSA) is 24.1 Å². The summed E-state index contributed by atoms with van der Waals surface area (Å²) in [7, 11) is 0. The highest BCUT2D eigenvalue weighted by molar-refractivity contribution is 7.80. The Balaban J connectivity index is 2.12. The van der Waals surface area contributed by atoms with E-state index in [4.69, 9.17) is 23.8 Å². The van der Waals surface area contributed by atoms with E-state index in [0.717, 1.165) is 5.69 Å². The molecule has 2 N–H and O–H groups in total. The van der Waals surface area contributed by atoms with Crippen molar-refractivity contribution in [1.82, 2.24) is 5.32 Å². The summed E-state index contributed by atoms with van der Waals surface area (Å²) in [4.78, 5) is 0. The van der Waals surface area contributed by atoms with Crippen LogP contribution in [-0.4, -0.2) is 5.11 Å². The van der Waals surface area contributed by atoms with Crippen LogP contribution in [0.3, 0.4) is 0 Å². The van der Waals surface area contributed by atoms with Crippen LogP contribution in [0.2, 0.25) is 5.02 Å². The summed E-state index contributed by atoms with van der Waals surface area (Å²) in [6.07, 6.45) is 0. The van der Waals surface area contributed by atoms with Crippen molar-refractivity contribution in [2.75, 3.05) is 5.32 Å². The fourth-order valence-corrected chi connectivity index (χ4v) is 2.99. The van der Waals surface area contributed by atoms with Crippen molar-refractivity contribution in [2.45, 2.75) is 33.7 Å². The summed E-state index contributed by atoms with van der Waals surface area (Å²) in [5.74, 6) is 0.418. The van der Waals surface area contributed by atoms with Crippen molar-refractivity contribution in [3.63, 3.8) is 0 Å². The van der Waals surface area contributed by atoms with E-state index in [-0.39, 0.29) is 6.04 Å². The molecule has 122 valence electrons. The summed E-state index contributed by atoms with van der Waals surface area (Å²) in [6, 6.07) is 14.2. The summed E-state index contributed by atoms with van der Waals surface area (Å²) in [6.45, 7) is 8.65. The Kier molecular flexibility index (Phi) is 6.03. The van der Waals surface area contributed by atoms with Crippen LogP contribution in [0.15, 0.2) is 42.5 Å². The molecule has 0 heterocycles. The monoisotopic (exact) mass is 346 g/mol. The average molecular weight is 347 g/mol. The van der Waals surface area contributed by atoms with Crippen LogP contribution in [0.5, 0.6) is 0 Å². The van der Waals surface area contributed by atoms with E-state index in [1.165, 1.54) is 16.7 Å². The zero-order valence-electron chi connectivity index (χ0n) is 14.0. The van der Waals surface area contributed by atoms with Gasteiger partial charge in [0.05, 0.1) is 6.04 Å². The smallest absolute Gasteiger partial charge is 0.171 e. The lowest BCUT2D eigenvalue weighted by Gasteiger charge is -2.26. The lowest BCUT2D eigenvalue weighted by molar-refractivity contribution is 0.471. The van der Waals surface area contributed by atoms with Gasteiger partial charge in [0.15, 0.2) is 5.11 Å². The number of aryl methyl sites for hydroxylation is 2. The van der Waals surface area contributed by atoms with E-state index in [2.05, 4.69) is 56.5 Å². The van der Waals surface area contributed by atoms with Gasteiger partial charge in [-0.05, 0) is 67.4 Å². The number of hydrogen-bond acceptors (Lipinski definition) is 1. The summed E-state index contributed by atoms with van der Waals surface area (Å²) < 4.78 is 0. The molecule has 2 aromatic carbocycles. The number of halogens is 1. The van der Waals surface area contributed by atoms with Gasteiger partial charge < -0.3 is 10.6 Å². The summed E-state index contributed by atoms with van der Waals surface area (Å²) in [5, 5.41) is 7.99. The predicted octanol–water partition coefficient (Wildman–Crippen LogP) is 5.64. The Labute approximate surface area is 149 Å². The molecule has 2 aromatic rings. The van der Waals surface area contributed by atoms with Gasteiger partial charge >= 0.3 is 0 Å². The molecule has 0 bridgehead atoms. The first-order valence-corrected chi connectivity index (χ1v) is 8.55. The van der Waals surface area contributed by atoms with Crippen molar-refractivity contribution < 1.29 is 0 Å². The third-order valence-electron chi connectivity index (χ3n) is 3.82. The van der Waals surface area contributed by atoms with Crippen molar-refractivity contribution in [3.8, 4) is 0 Å². The minimum absolute atomic E-state index is 0.169. The lowest BCUT2D eigenvalue weighted by atomic mass is 9.92. The van der Waals surface area contributed by atoms with Gasteiger partial charge in [-0.3, -0.25) is 0 Å². The van der Waals surface area contributed by atoms with Gasteiger partial charge in [0.2, 0.25) is 0 Å². The number of rotatable bonds is 4. The van der Waals surface area contributed by atoms with Crippen molar-refractivity contribution >= 4 is 34.6 Å². The van der Waals surface area contributed by atoms with Gasteiger partial charge in [0.25, 0.3) is 0 Å². The Morgan fingerprint density at radius 1 is 1.04 bits per heavy atom. The van der Waals surface area contributed by atoms with E-state index < -0.39 is 0 Å². The zero-order chi connectivity index (χ0) is 17.0. The molecule has 23 heavy (non-hydrogen) atoms. The number of benzene rings is 2. The Morgan fingerprint density at radius 3 is 2.26 bits per heavy atom. The first-order valence-electron chi connectivity index (χ1n) is 7.77. The van der Waals surface area contributed by atoms with E-state index in [0.29, 0.717) is 16.1 Å². The molecule has 0 radical (unpaired) electrons. The molecule has 0 amide bonds. The molecule has 2 nitrogen and oxygen atoms in total. The number of thiocarbonyl (C=S) groups is 1. The van der Waals surface area contributed by atoms with Crippen LogP contribution in [0, 0.1) is 19.8 Å². The molecule has 0 aliphatic carbocycles. The second-order valence-corrected chi connectivity index (χ2v) is 7.03. The normalized spacial score (nSPS) is 12.1. The van der Waals surface area contributed by atoms with Gasteiger partial charge in [-0.1, -0.05) is 49.2 Å². The molecule has 0 saturated carbocycles. The highest BCUT2D eigenvalue weighted by Gasteiger charge is 2.18. The minimum atomic E-state index is 0.169. The largest absolute Gasteiger partial charge is 0.355 e. The lowest BCUT2D eigenvalue weighted by Crippen LogP contribution is -2.35. The summed E-state index contributed by atoms with van der Waals surface area (Å²) in [5.41, 5.74) is 4.77. The summed E-state index contributed by atoms with van der Waals surface area (Å²) >= 11 is 11.4. The van der Waals surface area contributed by atoms with E-state index in [9.17, 15) is 0 Å². The minimum Gasteiger partial charge on any atom is -0.355 e. The predicted molar refractivity (Wildman–Crippen MR) is 104 cm³/mol. The van der Waals surface area contributed by atoms with E-state index in [1.807, 2.05) is 24.3 Å². The van der Waals surface area contributed by atoms with Crippen LogP contribution < -0.4 is 10.6 Å². The Hall–Kier alpha value is -1.58. The zero-order valence-corrected chi connectivity index (χ0v) is 15.6. The third kappa shape index (κ3) is 4.95. The number of hydrogen-bond donors (Lipinski definition) is 2. The highest BCUT2D eigenvalue weighted by Crippen LogP contribution is 2.25. The molecule has 0 aromatic heterocycles. The standard InChI is InChI=1S/C19H23ClN2S/c1-12(2)18(17-10-5-13(3)11-14(17)4)22-19(23)21-16-8-6-15(20)7-9-16/h5-12,18H,1-4H3,(H2,21,22,23)/t18-/m1/s1. The molecule has 0 aliphatic heterocycles. The van der Waals surface area contributed by atoms with Gasteiger partial charge in [-0.15, -0.1) is 0 Å². The SMILES string of the molecule is Cc1ccc([C@H](NC(=S)Nc2ccc(Cl)cc2)C(C)C)c(C)c1. The second kappa shape index (κ2) is 7.80. The van der Waals surface area contributed by atoms with Gasteiger partial charge in [-0.25, -0.2) is 0 Å². The van der Waals surface area contributed by atoms with Crippen molar-refractivity contribution in [3.05, 3.63) is 64.2 Å². The van der Waals surface area contributed by atoms with Crippen molar-refractivity contribution in [1.29, 1.82) is 0 Å². The molecule has 2 rings (SSSR count). The molecule has 0 aliphatic rings. The molecule has 0 fully saturated rings. The van der Waals surface area contributed by atoms with E-state index in [1.54, 1.807) is 0 Å². The first kappa shape index (κ1) is 17.8. The van der Waals surface area contributed by atoms with Crippen LogP contribution in [0.25, 0.3) is 0 Å². The Morgan fingerprint density at radius 2 is 1.70 bits per heavy atom. The van der Waals surface area contributed by atoms with Crippen LogP contribution in [0.1, 0.15) is 36.6 Å².